The summed E-state index contributed by atoms with van der Waals surface area (Å²) in [4.78, 5) is 23.8. The third-order valence-electron chi connectivity index (χ3n) is 14.0. The molecule has 0 aromatic carbocycles. The Morgan fingerprint density at radius 1 is 0.725 bits per heavy atom. The number of allylic oxidation sites excluding steroid dienone is 1. The molecular weight excluding hydrogens is 681 g/mol. The molecule has 7 saturated heterocycles. The number of rotatable bonds is 8. The summed E-state index contributed by atoms with van der Waals surface area (Å²) < 4.78 is 80.3. The van der Waals surface area contributed by atoms with E-state index in [1.807, 2.05) is 13.8 Å². The van der Waals surface area contributed by atoms with Crippen LogP contribution in [-0.2, 0) is 48.0 Å². The molecule has 10 aliphatic rings. The second-order valence-corrected chi connectivity index (χ2v) is 17.1. The van der Waals surface area contributed by atoms with Crippen LogP contribution in [-0.4, -0.2) is 89.6 Å². The van der Waals surface area contributed by atoms with Crippen molar-refractivity contribution in [1.29, 1.82) is 0 Å². The average molecular weight is 735 g/mol. The lowest BCUT2D eigenvalue weighted by molar-refractivity contribution is -0.586. The topological polar surface area (TPSA) is 133 Å². The molecule has 0 amide bonds. The van der Waals surface area contributed by atoms with Gasteiger partial charge < -0.3 is 38.6 Å². The standard InChI is InChI=1S/C36H53F3O12/c1-18-7-9-24-20(3)33(6,47-30-34(24)22(18)11-14-32(5,46-30)49-50-34)43-17-27(41)26(40)16-42-15-21-25-10-8-19(2)23-12-13-31(4)45-29(35(23,25)51-48-31)44-28(21)36(37,38)39/h18-20,22-27,29-30,40-41H,7-17H2,1-6H3/t18-,19-,20-,22+,23+,24+,25+,26-,27-,29-,30+,31-,32+,33+,34-,35-/m1/s1. The van der Waals surface area contributed by atoms with Crippen molar-refractivity contribution in [1.82, 2.24) is 0 Å². The summed E-state index contributed by atoms with van der Waals surface area (Å²) in [7, 11) is 0. The van der Waals surface area contributed by atoms with Gasteiger partial charge in [-0.1, -0.05) is 20.8 Å². The molecule has 10 rings (SSSR count). The van der Waals surface area contributed by atoms with Crippen molar-refractivity contribution in [3.8, 4) is 0 Å². The predicted octanol–water partition coefficient (Wildman–Crippen LogP) is 5.40. The van der Waals surface area contributed by atoms with Crippen molar-refractivity contribution in [3.05, 3.63) is 11.3 Å². The second-order valence-electron chi connectivity index (χ2n) is 17.1. The van der Waals surface area contributed by atoms with Crippen LogP contribution in [0.3, 0.4) is 0 Å². The van der Waals surface area contributed by atoms with E-state index in [0.29, 0.717) is 38.0 Å². The number of aliphatic hydroxyl groups is 2. The maximum absolute atomic E-state index is 14.5. The molecule has 12 nitrogen and oxygen atoms in total. The molecule has 15 heteroatoms. The Morgan fingerprint density at radius 2 is 1.31 bits per heavy atom. The van der Waals surface area contributed by atoms with Gasteiger partial charge in [0.1, 0.15) is 12.2 Å². The number of halogens is 3. The van der Waals surface area contributed by atoms with Crippen LogP contribution < -0.4 is 0 Å². The fourth-order valence-electron chi connectivity index (χ4n) is 10.9. The first kappa shape index (κ1) is 36.8. The van der Waals surface area contributed by atoms with Crippen molar-refractivity contribution in [2.45, 2.75) is 152 Å². The number of alkyl halides is 3. The summed E-state index contributed by atoms with van der Waals surface area (Å²) in [5, 5.41) is 22.0. The molecule has 0 aromatic rings. The van der Waals surface area contributed by atoms with Crippen LogP contribution in [0.15, 0.2) is 11.3 Å². The van der Waals surface area contributed by atoms with E-state index >= 15 is 0 Å². The Kier molecular flexibility index (Phi) is 9.00. The highest BCUT2D eigenvalue weighted by Crippen LogP contribution is 2.63. The number of ether oxygens (including phenoxy) is 6. The third-order valence-corrected chi connectivity index (χ3v) is 14.0. The van der Waals surface area contributed by atoms with Crippen LogP contribution >= 0.6 is 0 Å². The Hall–Kier alpha value is -1.11. The van der Waals surface area contributed by atoms with Gasteiger partial charge in [0.25, 0.3) is 0 Å². The minimum atomic E-state index is -4.82. The molecule has 2 saturated carbocycles. The Bertz CT molecular complexity index is 1380. The van der Waals surface area contributed by atoms with Gasteiger partial charge in [0, 0.05) is 42.1 Å². The zero-order chi connectivity index (χ0) is 36.4. The summed E-state index contributed by atoms with van der Waals surface area (Å²) in [5.41, 5.74) is -2.18. The van der Waals surface area contributed by atoms with Gasteiger partial charge >= 0.3 is 6.18 Å². The van der Waals surface area contributed by atoms with Gasteiger partial charge in [-0.15, -0.1) is 0 Å². The van der Waals surface area contributed by atoms with Crippen LogP contribution in [0.2, 0.25) is 0 Å². The highest BCUT2D eigenvalue weighted by atomic mass is 19.4. The van der Waals surface area contributed by atoms with E-state index < -0.39 is 84.4 Å². The van der Waals surface area contributed by atoms with Crippen LogP contribution in [0, 0.1) is 41.4 Å². The average Bonchev–Trinajstić information content (AvgIpc) is 3.44. The summed E-state index contributed by atoms with van der Waals surface area (Å²) in [5.74, 6) is -4.97. The van der Waals surface area contributed by atoms with Crippen LogP contribution in [0.1, 0.15) is 92.9 Å². The lowest BCUT2D eigenvalue weighted by Gasteiger charge is -2.62. The normalized spacial score (nSPS) is 51.5. The Balaban J connectivity index is 0.942. The number of hydrogen-bond acceptors (Lipinski definition) is 12. The molecule has 0 radical (unpaired) electrons. The summed E-state index contributed by atoms with van der Waals surface area (Å²) >= 11 is 0. The lowest BCUT2D eigenvalue weighted by atomic mass is 9.57. The largest absolute Gasteiger partial charge is 0.456 e. The quantitative estimate of drug-likeness (QED) is 0.310. The van der Waals surface area contributed by atoms with Crippen molar-refractivity contribution < 1.29 is 71.4 Å². The van der Waals surface area contributed by atoms with E-state index in [4.69, 9.17) is 48.0 Å². The first-order valence-corrected chi connectivity index (χ1v) is 18.8. The molecule has 8 aliphatic heterocycles. The first-order chi connectivity index (χ1) is 23.9. The van der Waals surface area contributed by atoms with Gasteiger partial charge in [-0.2, -0.15) is 13.2 Å². The summed E-state index contributed by atoms with van der Waals surface area (Å²) in [6, 6.07) is 0. The van der Waals surface area contributed by atoms with Gasteiger partial charge in [0.05, 0.1) is 19.8 Å². The number of hydrogen-bond donors (Lipinski definition) is 2. The molecule has 2 aliphatic carbocycles. The molecule has 9 fully saturated rings. The van der Waals surface area contributed by atoms with Gasteiger partial charge in [-0.05, 0) is 77.0 Å². The third kappa shape index (κ3) is 5.65. The number of aliphatic hydroxyl groups excluding tert-OH is 2. The van der Waals surface area contributed by atoms with Gasteiger partial charge in [-0.25, -0.2) is 19.6 Å². The van der Waals surface area contributed by atoms with E-state index in [1.54, 1.807) is 13.8 Å². The molecule has 2 spiro atoms. The van der Waals surface area contributed by atoms with E-state index in [0.717, 1.165) is 19.3 Å². The molecule has 8 heterocycles. The van der Waals surface area contributed by atoms with Crippen LogP contribution in [0.5, 0.6) is 0 Å². The van der Waals surface area contributed by atoms with Crippen molar-refractivity contribution >= 4 is 0 Å². The van der Waals surface area contributed by atoms with E-state index in [2.05, 4.69) is 13.8 Å². The van der Waals surface area contributed by atoms with Crippen molar-refractivity contribution in [2.75, 3.05) is 19.8 Å². The van der Waals surface area contributed by atoms with Crippen LogP contribution in [0.25, 0.3) is 0 Å². The zero-order valence-corrected chi connectivity index (χ0v) is 30.2. The highest BCUT2D eigenvalue weighted by Gasteiger charge is 2.72. The minimum absolute atomic E-state index is 0.0168. The Morgan fingerprint density at radius 3 is 1.98 bits per heavy atom. The zero-order valence-electron chi connectivity index (χ0n) is 30.2. The van der Waals surface area contributed by atoms with E-state index in [1.165, 1.54) is 0 Å². The van der Waals surface area contributed by atoms with E-state index in [-0.39, 0.29) is 41.8 Å². The van der Waals surface area contributed by atoms with Crippen molar-refractivity contribution in [3.63, 3.8) is 0 Å². The molecule has 0 aromatic heterocycles. The summed E-state index contributed by atoms with van der Waals surface area (Å²) in [6.45, 7) is 10.3. The van der Waals surface area contributed by atoms with Crippen LogP contribution in [0.4, 0.5) is 13.2 Å². The first-order valence-electron chi connectivity index (χ1n) is 18.8. The highest BCUT2D eigenvalue weighted by molar-refractivity contribution is 5.28. The maximum atomic E-state index is 14.5. The SMILES string of the molecule is C[C@@H]1CC[C@H]2[C@@H](C)[C@@](C)(OC[C@@H](O)[C@H](O)COCC3=C(C(F)(F)F)O[C@@H]4O[C@@]5(C)CC[C@H]6[C@H](C)CC[C@@H]3[C@@]46OO5)O[C@@H]3O[C@]4(C)CC[C@@H]1[C@]32OO4. The molecule has 16 atom stereocenters. The molecule has 4 bridgehead atoms. The fourth-order valence-corrected chi connectivity index (χ4v) is 10.9. The molecular formula is C36H53F3O12. The minimum Gasteiger partial charge on any atom is -0.456 e. The smallest absolute Gasteiger partial charge is 0.449 e. The fraction of sp³-hybridized carbons (Fsp3) is 0.944. The molecule has 0 unspecified atom stereocenters. The number of fused-ring (bicyclic) bond motifs is 4. The maximum Gasteiger partial charge on any atom is 0.449 e. The predicted molar refractivity (Wildman–Crippen MR) is 167 cm³/mol. The lowest BCUT2D eigenvalue weighted by Crippen LogP contribution is -2.73. The van der Waals surface area contributed by atoms with Gasteiger partial charge in [0.2, 0.25) is 23.6 Å². The second kappa shape index (κ2) is 12.5. The van der Waals surface area contributed by atoms with Gasteiger partial charge in [0.15, 0.2) is 23.3 Å². The Labute approximate surface area is 296 Å². The van der Waals surface area contributed by atoms with E-state index in [9.17, 15) is 23.4 Å². The summed E-state index contributed by atoms with van der Waals surface area (Å²) in [6.07, 6.45) is -4.21. The van der Waals surface area contributed by atoms with Gasteiger partial charge in [-0.3, -0.25) is 0 Å². The molecule has 2 N–H and O–H groups in total. The molecule has 290 valence electrons. The molecule has 51 heavy (non-hydrogen) atoms. The van der Waals surface area contributed by atoms with Crippen molar-refractivity contribution in [2.24, 2.45) is 41.4 Å². The monoisotopic (exact) mass is 734 g/mol.